The van der Waals surface area contributed by atoms with Crippen LogP contribution >= 0.6 is 22.9 Å². The number of halogens is 1. The highest BCUT2D eigenvalue weighted by Crippen LogP contribution is 2.35. The number of nitrogens with one attached hydrogen (secondary N) is 1. The van der Waals surface area contributed by atoms with Crippen molar-refractivity contribution in [1.29, 1.82) is 0 Å². The minimum Gasteiger partial charge on any atom is -0.354 e. The number of hydrogen-bond acceptors (Lipinski definition) is 6. The summed E-state index contributed by atoms with van der Waals surface area (Å²) < 4.78 is 0.561. The van der Waals surface area contributed by atoms with E-state index in [-0.39, 0.29) is 11.4 Å². The van der Waals surface area contributed by atoms with Crippen LogP contribution in [0.15, 0.2) is 18.3 Å². The molecule has 0 aliphatic heterocycles. The number of aromatic nitrogens is 2. The Balaban J connectivity index is 2.44. The van der Waals surface area contributed by atoms with E-state index < -0.39 is 4.92 Å². The van der Waals surface area contributed by atoms with Crippen LogP contribution in [0.2, 0.25) is 4.34 Å². The van der Waals surface area contributed by atoms with E-state index in [9.17, 15) is 10.1 Å². The maximum absolute atomic E-state index is 11.0. The minimum atomic E-state index is -0.493. The first kappa shape index (κ1) is 13.7. The highest BCUT2D eigenvalue weighted by molar-refractivity contribution is 7.19. The van der Waals surface area contributed by atoms with Crippen molar-refractivity contribution in [2.24, 2.45) is 0 Å². The van der Waals surface area contributed by atoms with E-state index in [1.54, 1.807) is 12.1 Å². The van der Waals surface area contributed by atoms with E-state index in [4.69, 9.17) is 11.6 Å². The molecule has 100 valence electrons. The van der Waals surface area contributed by atoms with Crippen LogP contribution in [0.1, 0.15) is 13.3 Å². The molecule has 2 rings (SSSR count). The van der Waals surface area contributed by atoms with Crippen LogP contribution in [0.5, 0.6) is 0 Å². The van der Waals surface area contributed by atoms with Gasteiger partial charge in [0, 0.05) is 6.54 Å². The lowest BCUT2D eigenvalue weighted by Crippen LogP contribution is -2.06. The summed E-state index contributed by atoms with van der Waals surface area (Å²) in [5, 5.41) is 14.0. The SMILES string of the molecule is CCCNc1ncc([N+](=O)[O-])c(-c2ccc(Cl)s2)n1. The lowest BCUT2D eigenvalue weighted by atomic mass is 10.3. The Morgan fingerprint density at radius 2 is 2.32 bits per heavy atom. The number of thiophene rings is 1. The molecule has 0 unspecified atom stereocenters. The van der Waals surface area contributed by atoms with E-state index in [2.05, 4.69) is 15.3 Å². The van der Waals surface area contributed by atoms with Gasteiger partial charge in [0.05, 0.1) is 14.1 Å². The van der Waals surface area contributed by atoms with E-state index in [1.807, 2.05) is 6.92 Å². The predicted molar refractivity (Wildman–Crippen MR) is 75.8 cm³/mol. The third-order valence-electron chi connectivity index (χ3n) is 2.31. The second-order valence-corrected chi connectivity index (χ2v) is 5.43. The summed E-state index contributed by atoms with van der Waals surface area (Å²) in [4.78, 5) is 19.3. The molecular formula is C11H11ClN4O2S. The number of nitro groups is 1. The van der Waals surface area contributed by atoms with E-state index in [0.717, 1.165) is 6.42 Å². The average Bonchev–Trinajstić information content (AvgIpc) is 2.82. The number of nitrogens with zero attached hydrogens (tertiary/aromatic N) is 3. The van der Waals surface area contributed by atoms with Crippen molar-refractivity contribution in [3.05, 3.63) is 32.8 Å². The molecule has 1 N–H and O–H groups in total. The van der Waals surface area contributed by atoms with Crippen molar-refractivity contribution >= 4 is 34.6 Å². The van der Waals surface area contributed by atoms with E-state index >= 15 is 0 Å². The molecule has 0 saturated carbocycles. The van der Waals surface area contributed by atoms with Gasteiger partial charge in [-0.15, -0.1) is 11.3 Å². The Morgan fingerprint density at radius 1 is 1.53 bits per heavy atom. The van der Waals surface area contributed by atoms with Crippen LogP contribution in [0.3, 0.4) is 0 Å². The standard InChI is InChI=1S/C11H11ClN4O2S/c1-2-5-13-11-14-6-7(16(17)18)10(15-11)8-3-4-9(12)19-8/h3-4,6H,2,5H2,1H3,(H,13,14,15). The van der Waals surface area contributed by atoms with Crippen LogP contribution in [-0.4, -0.2) is 21.4 Å². The zero-order chi connectivity index (χ0) is 13.8. The van der Waals surface area contributed by atoms with Crippen molar-refractivity contribution in [3.8, 4) is 10.6 Å². The van der Waals surface area contributed by atoms with Gasteiger partial charge < -0.3 is 5.32 Å². The lowest BCUT2D eigenvalue weighted by molar-refractivity contribution is -0.384. The zero-order valence-corrected chi connectivity index (χ0v) is 11.7. The molecule has 0 bridgehead atoms. The summed E-state index contributed by atoms with van der Waals surface area (Å²) in [5.41, 5.74) is 0.163. The Kier molecular flexibility index (Phi) is 4.28. The van der Waals surface area contributed by atoms with Gasteiger partial charge in [-0.25, -0.2) is 9.97 Å². The quantitative estimate of drug-likeness (QED) is 0.674. The molecule has 2 aromatic rings. The van der Waals surface area contributed by atoms with Gasteiger partial charge in [-0.05, 0) is 18.6 Å². The van der Waals surface area contributed by atoms with Crippen molar-refractivity contribution in [1.82, 2.24) is 9.97 Å². The number of rotatable bonds is 5. The summed E-state index contributed by atoms with van der Waals surface area (Å²) in [7, 11) is 0. The van der Waals surface area contributed by atoms with Crippen LogP contribution < -0.4 is 5.32 Å². The fraction of sp³-hybridized carbons (Fsp3) is 0.273. The van der Waals surface area contributed by atoms with Crippen molar-refractivity contribution in [2.75, 3.05) is 11.9 Å². The summed E-state index contributed by atoms with van der Waals surface area (Å²) in [6.07, 6.45) is 2.13. The summed E-state index contributed by atoms with van der Waals surface area (Å²) in [5.74, 6) is 0.381. The maximum atomic E-state index is 11.0. The highest BCUT2D eigenvalue weighted by atomic mass is 35.5. The van der Waals surface area contributed by atoms with Crippen molar-refractivity contribution < 1.29 is 4.92 Å². The fourth-order valence-electron chi connectivity index (χ4n) is 1.45. The first-order valence-corrected chi connectivity index (χ1v) is 6.82. The van der Waals surface area contributed by atoms with Crippen LogP contribution in [-0.2, 0) is 0 Å². The third kappa shape index (κ3) is 3.18. The molecule has 0 aliphatic carbocycles. The van der Waals surface area contributed by atoms with Crippen LogP contribution in [0.25, 0.3) is 10.6 Å². The predicted octanol–water partition coefficient (Wildman–Crippen LogP) is 3.59. The second-order valence-electron chi connectivity index (χ2n) is 3.72. The molecule has 6 nitrogen and oxygen atoms in total. The van der Waals surface area contributed by atoms with Gasteiger partial charge in [-0.1, -0.05) is 18.5 Å². The third-order valence-corrected chi connectivity index (χ3v) is 3.54. The van der Waals surface area contributed by atoms with Gasteiger partial charge in [0.25, 0.3) is 0 Å². The van der Waals surface area contributed by atoms with Gasteiger partial charge in [0.15, 0.2) is 5.69 Å². The summed E-state index contributed by atoms with van der Waals surface area (Å²) >= 11 is 7.10. The highest BCUT2D eigenvalue weighted by Gasteiger charge is 2.20. The monoisotopic (exact) mass is 298 g/mol. The molecule has 2 aromatic heterocycles. The number of hydrogen-bond donors (Lipinski definition) is 1. The van der Waals surface area contributed by atoms with Crippen LogP contribution in [0, 0.1) is 10.1 Å². The van der Waals surface area contributed by atoms with Gasteiger partial charge in [0.1, 0.15) is 6.20 Å². The molecule has 2 heterocycles. The van der Waals surface area contributed by atoms with Crippen molar-refractivity contribution in [3.63, 3.8) is 0 Å². The number of anilines is 1. The van der Waals surface area contributed by atoms with E-state index in [0.29, 0.717) is 21.7 Å². The second kappa shape index (κ2) is 5.94. The maximum Gasteiger partial charge on any atom is 0.314 e. The van der Waals surface area contributed by atoms with Gasteiger partial charge in [-0.2, -0.15) is 0 Å². The molecule has 19 heavy (non-hydrogen) atoms. The Labute approximate surface area is 118 Å². The Bertz CT molecular complexity index is 602. The lowest BCUT2D eigenvalue weighted by Gasteiger charge is -2.04. The van der Waals surface area contributed by atoms with Gasteiger partial charge >= 0.3 is 5.69 Å². The Morgan fingerprint density at radius 3 is 2.89 bits per heavy atom. The first-order chi connectivity index (χ1) is 9.11. The minimum absolute atomic E-state index is 0.124. The molecule has 8 heteroatoms. The average molecular weight is 299 g/mol. The molecular weight excluding hydrogens is 288 g/mol. The summed E-state index contributed by atoms with van der Waals surface area (Å²) in [6, 6.07) is 3.40. The molecule has 0 aliphatic rings. The first-order valence-electron chi connectivity index (χ1n) is 5.63. The fourth-order valence-corrected chi connectivity index (χ4v) is 2.50. The molecule has 0 radical (unpaired) electrons. The van der Waals surface area contributed by atoms with Crippen LogP contribution in [0.4, 0.5) is 11.6 Å². The topological polar surface area (TPSA) is 81.0 Å². The molecule has 0 spiro atoms. The van der Waals surface area contributed by atoms with Crippen molar-refractivity contribution in [2.45, 2.75) is 13.3 Å². The Hall–Kier alpha value is -1.73. The molecule has 0 fully saturated rings. The van der Waals surface area contributed by atoms with E-state index in [1.165, 1.54) is 17.5 Å². The van der Waals surface area contributed by atoms with Gasteiger partial charge in [0.2, 0.25) is 5.95 Å². The zero-order valence-electron chi connectivity index (χ0n) is 10.1. The molecule has 0 saturated heterocycles. The molecule has 0 atom stereocenters. The van der Waals surface area contributed by atoms with Gasteiger partial charge in [-0.3, -0.25) is 10.1 Å². The smallest absolute Gasteiger partial charge is 0.314 e. The molecule has 0 amide bonds. The normalized spacial score (nSPS) is 10.4. The summed E-state index contributed by atoms with van der Waals surface area (Å²) in [6.45, 7) is 2.72. The molecule has 0 aromatic carbocycles. The largest absolute Gasteiger partial charge is 0.354 e.